The van der Waals surface area contributed by atoms with E-state index in [1.165, 1.54) is 0 Å². The Morgan fingerprint density at radius 2 is 1.76 bits per heavy atom. The number of halogens is 3. The van der Waals surface area contributed by atoms with Crippen LogP contribution in [-0.2, 0) is 0 Å². The zero-order valence-electron chi connectivity index (χ0n) is 18.0. The predicted octanol–water partition coefficient (Wildman–Crippen LogP) is 7.50. The van der Waals surface area contributed by atoms with Crippen LogP contribution in [0.3, 0.4) is 0 Å². The molecule has 3 heterocycles. The summed E-state index contributed by atoms with van der Waals surface area (Å²) in [5.74, 6) is 0.510. The normalized spacial score (nSPS) is 18.9. The van der Waals surface area contributed by atoms with E-state index in [9.17, 15) is 4.79 Å². The first-order chi connectivity index (χ1) is 16.4. The number of ether oxygens (including phenoxy) is 1. The topological polar surface area (TPSA) is 46.8 Å². The van der Waals surface area contributed by atoms with Gasteiger partial charge in [0.15, 0.2) is 0 Å². The first kappa shape index (κ1) is 21.5. The molecule has 0 N–H and O–H groups in total. The van der Waals surface area contributed by atoms with Gasteiger partial charge in [0.1, 0.15) is 5.75 Å². The van der Waals surface area contributed by atoms with E-state index in [0.29, 0.717) is 27.2 Å². The van der Waals surface area contributed by atoms with Gasteiger partial charge >= 0.3 is 0 Å². The van der Waals surface area contributed by atoms with Crippen molar-refractivity contribution in [1.82, 2.24) is 9.58 Å². The molecule has 2 aliphatic heterocycles. The van der Waals surface area contributed by atoms with E-state index in [0.717, 1.165) is 33.3 Å². The number of carbonyl (C=O) groups is 1. The molecule has 3 aromatic carbocycles. The minimum absolute atomic E-state index is 0.0770. The van der Waals surface area contributed by atoms with Crippen LogP contribution >= 0.6 is 34.8 Å². The average Bonchev–Trinajstić information content (AvgIpc) is 3.42. The predicted molar refractivity (Wildman–Crippen MR) is 135 cm³/mol. The Bertz CT molecular complexity index is 1490. The van der Waals surface area contributed by atoms with Gasteiger partial charge in [-0.05, 0) is 35.9 Å². The summed E-state index contributed by atoms with van der Waals surface area (Å²) in [4.78, 5) is 12.4. The van der Waals surface area contributed by atoms with Gasteiger partial charge in [0.25, 0.3) is 0 Å². The summed E-state index contributed by atoms with van der Waals surface area (Å²) in [5, 5.41) is 9.52. The van der Waals surface area contributed by atoms with Crippen molar-refractivity contribution in [3.05, 3.63) is 98.6 Å². The Labute approximate surface area is 211 Å². The second-order valence-corrected chi connectivity index (χ2v) is 9.70. The molecule has 0 spiro atoms. The Kier molecular flexibility index (Phi) is 5.10. The van der Waals surface area contributed by atoms with Crippen LogP contribution in [0.15, 0.2) is 72.0 Å². The molecule has 0 saturated heterocycles. The number of rotatable bonds is 2. The Morgan fingerprint density at radius 3 is 2.53 bits per heavy atom. The highest BCUT2D eigenvalue weighted by molar-refractivity contribution is 6.35. The molecule has 34 heavy (non-hydrogen) atoms. The molecule has 0 bridgehead atoms. The number of hydrogen-bond donors (Lipinski definition) is 0. The molecular weight excluding hydrogens is 493 g/mol. The zero-order chi connectivity index (χ0) is 23.6. The number of para-hydroxylation sites is 1. The van der Waals surface area contributed by atoms with Crippen molar-refractivity contribution in [1.29, 1.82) is 0 Å². The largest absolute Gasteiger partial charge is 0.463 e. The molecule has 2 atom stereocenters. The number of hydrogen-bond acceptors (Lipinski definition) is 4. The van der Waals surface area contributed by atoms with Crippen molar-refractivity contribution in [2.45, 2.75) is 25.6 Å². The molecule has 0 fully saturated rings. The average molecular weight is 511 g/mol. The second-order valence-electron chi connectivity index (χ2n) is 8.42. The highest BCUT2D eigenvalue weighted by Crippen LogP contribution is 2.51. The summed E-state index contributed by atoms with van der Waals surface area (Å²) < 4.78 is 8.15. The number of aromatic nitrogens is 1. The zero-order valence-corrected chi connectivity index (χ0v) is 20.3. The fourth-order valence-corrected chi connectivity index (χ4v) is 5.48. The second kappa shape index (κ2) is 8.05. The molecule has 0 amide bonds. The summed E-state index contributed by atoms with van der Waals surface area (Å²) >= 11 is 19.1. The number of carbonyl (C=O) groups excluding carboxylic acids is 1. The van der Waals surface area contributed by atoms with Crippen molar-refractivity contribution in [2.24, 2.45) is 5.10 Å². The van der Waals surface area contributed by atoms with Gasteiger partial charge in [0.05, 0.1) is 22.3 Å². The third-order valence-corrected chi connectivity index (χ3v) is 7.08. The van der Waals surface area contributed by atoms with Crippen molar-refractivity contribution in [2.75, 3.05) is 0 Å². The third-order valence-electron chi connectivity index (χ3n) is 6.33. The van der Waals surface area contributed by atoms with E-state index in [4.69, 9.17) is 44.6 Å². The third kappa shape index (κ3) is 3.38. The Morgan fingerprint density at radius 1 is 1.00 bits per heavy atom. The van der Waals surface area contributed by atoms with E-state index in [1.54, 1.807) is 17.6 Å². The van der Waals surface area contributed by atoms with Gasteiger partial charge in [-0.25, -0.2) is 5.01 Å². The van der Waals surface area contributed by atoms with Gasteiger partial charge in [-0.1, -0.05) is 65.1 Å². The molecule has 6 rings (SSSR count). The lowest BCUT2D eigenvalue weighted by Gasteiger charge is -2.38. The molecule has 0 aliphatic carbocycles. The van der Waals surface area contributed by atoms with Crippen LogP contribution in [0.1, 0.15) is 47.1 Å². The molecule has 0 radical (unpaired) electrons. The Balaban J connectivity index is 1.54. The number of fused-ring (bicyclic) bond motifs is 4. The maximum atomic E-state index is 12.4. The molecule has 8 heteroatoms. The SMILES string of the molecule is CC(=O)n1cc([C@H]2Oc3c(Cl)cc(Cl)cc3[C@@H]3CC(c4ccc(Cl)cc4)=NN23)c2ccccc21. The fourth-order valence-electron chi connectivity index (χ4n) is 4.80. The summed E-state index contributed by atoms with van der Waals surface area (Å²) in [5.41, 5.74) is 4.44. The van der Waals surface area contributed by atoms with Crippen LogP contribution < -0.4 is 4.74 Å². The van der Waals surface area contributed by atoms with Crippen LogP contribution in [0.5, 0.6) is 5.75 Å². The van der Waals surface area contributed by atoms with Crippen molar-refractivity contribution >= 4 is 57.3 Å². The summed E-state index contributed by atoms with van der Waals surface area (Å²) in [6.07, 6.45) is 1.90. The lowest BCUT2D eigenvalue weighted by molar-refractivity contribution is -0.0180. The molecular formula is C26H18Cl3N3O2. The van der Waals surface area contributed by atoms with Crippen molar-refractivity contribution in [3.8, 4) is 5.75 Å². The number of nitrogens with zero attached hydrogens (tertiary/aromatic N) is 3. The van der Waals surface area contributed by atoms with Crippen LogP contribution in [0.4, 0.5) is 0 Å². The quantitative estimate of drug-likeness (QED) is 0.280. The maximum Gasteiger partial charge on any atom is 0.227 e. The lowest BCUT2D eigenvalue weighted by atomic mass is 9.96. The molecule has 0 unspecified atom stereocenters. The highest BCUT2D eigenvalue weighted by Gasteiger charge is 2.43. The molecule has 170 valence electrons. The van der Waals surface area contributed by atoms with Gasteiger partial charge in [-0.15, -0.1) is 0 Å². The summed E-state index contributed by atoms with van der Waals surface area (Å²) in [6.45, 7) is 1.54. The summed E-state index contributed by atoms with van der Waals surface area (Å²) in [6, 6.07) is 18.8. The van der Waals surface area contributed by atoms with Crippen LogP contribution in [0.2, 0.25) is 15.1 Å². The fraction of sp³-hybridized carbons (Fsp3) is 0.154. The highest BCUT2D eigenvalue weighted by atomic mass is 35.5. The van der Waals surface area contributed by atoms with E-state index in [2.05, 4.69) is 0 Å². The molecule has 4 aromatic rings. The first-order valence-electron chi connectivity index (χ1n) is 10.8. The van der Waals surface area contributed by atoms with Crippen LogP contribution in [0.25, 0.3) is 10.9 Å². The molecule has 5 nitrogen and oxygen atoms in total. The van der Waals surface area contributed by atoms with E-state index in [-0.39, 0.29) is 11.9 Å². The molecule has 0 saturated carbocycles. The van der Waals surface area contributed by atoms with Crippen molar-refractivity contribution < 1.29 is 9.53 Å². The minimum Gasteiger partial charge on any atom is -0.463 e. The number of hydrazone groups is 1. The first-order valence-corrected chi connectivity index (χ1v) is 11.9. The Hall–Kier alpha value is -2.99. The van der Waals surface area contributed by atoms with Gasteiger partial charge in [0.2, 0.25) is 12.1 Å². The van der Waals surface area contributed by atoms with E-state index < -0.39 is 6.23 Å². The van der Waals surface area contributed by atoms with Crippen LogP contribution in [0, 0.1) is 0 Å². The smallest absolute Gasteiger partial charge is 0.227 e. The lowest BCUT2D eigenvalue weighted by Crippen LogP contribution is -2.33. The van der Waals surface area contributed by atoms with E-state index >= 15 is 0 Å². The van der Waals surface area contributed by atoms with Gasteiger partial charge in [0, 0.05) is 46.1 Å². The van der Waals surface area contributed by atoms with Gasteiger partial charge in [-0.2, -0.15) is 5.10 Å². The summed E-state index contributed by atoms with van der Waals surface area (Å²) in [7, 11) is 0. The van der Waals surface area contributed by atoms with E-state index in [1.807, 2.05) is 65.8 Å². The number of benzene rings is 3. The van der Waals surface area contributed by atoms with Crippen LogP contribution in [-0.4, -0.2) is 21.2 Å². The van der Waals surface area contributed by atoms with Gasteiger partial charge < -0.3 is 4.74 Å². The minimum atomic E-state index is -0.577. The van der Waals surface area contributed by atoms with Gasteiger partial charge in [-0.3, -0.25) is 9.36 Å². The molecule has 2 aliphatic rings. The monoisotopic (exact) mass is 509 g/mol. The standard InChI is InChI=1S/C26H18Cl3N3O2/c1-14(33)31-13-20(18-4-2-3-5-23(18)31)26-32-24(19-10-17(28)11-21(29)25(19)34-26)12-22(30-32)15-6-8-16(27)9-7-15/h2-11,13,24,26H,12H2,1H3/t24-,26+/m0/s1. The molecule has 1 aromatic heterocycles. The maximum absolute atomic E-state index is 12.4. The van der Waals surface area contributed by atoms with Crippen molar-refractivity contribution in [3.63, 3.8) is 0 Å².